The third-order valence-electron chi connectivity index (χ3n) is 6.29. The Kier molecular flexibility index (Phi) is 11.1. The Bertz CT molecular complexity index is 1540. The lowest BCUT2D eigenvalue weighted by Crippen LogP contribution is -2.52. The Morgan fingerprint density at radius 3 is 2.14 bits per heavy atom. The summed E-state index contributed by atoms with van der Waals surface area (Å²) in [5.41, 5.74) is 0.526. The number of anilines is 1. The van der Waals surface area contributed by atoms with Crippen molar-refractivity contribution in [2.24, 2.45) is 0 Å². The van der Waals surface area contributed by atoms with Crippen molar-refractivity contribution in [3.05, 3.63) is 82.1 Å². The minimum absolute atomic E-state index is 0.0308. The smallest absolute Gasteiger partial charge is 0.264 e. The summed E-state index contributed by atoms with van der Waals surface area (Å²) in [7, 11) is -1.65. The van der Waals surface area contributed by atoms with Crippen molar-refractivity contribution >= 4 is 50.7 Å². The molecule has 0 bridgehead atoms. The van der Waals surface area contributed by atoms with E-state index in [1.807, 2.05) is 0 Å². The van der Waals surface area contributed by atoms with Gasteiger partial charge in [0.05, 0.1) is 24.8 Å². The SMILES string of the molecule is COc1ccc(S(=O)(=O)N(CC(=O)N(Cc2ccc(Cl)cc2Cl)[C@@H](C)C(=O)NC(C)C)c2ccc(F)cc2)cc1OC. The van der Waals surface area contributed by atoms with Crippen molar-refractivity contribution in [3.63, 3.8) is 0 Å². The molecule has 2 amide bonds. The van der Waals surface area contributed by atoms with E-state index in [2.05, 4.69) is 5.32 Å². The second-order valence-electron chi connectivity index (χ2n) is 9.60. The second kappa shape index (κ2) is 14.1. The molecule has 3 aromatic carbocycles. The summed E-state index contributed by atoms with van der Waals surface area (Å²) in [5.74, 6) is -1.29. The lowest BCUT2D eigenvalue weighted by atomic mass is 10.1. The summed E-state index contributed by atoms with van der Waals surface area (Å²) in [5, 5.41) is 3.43. The first-order valence-electron chi connectivity index (χ1n) is 12.8. The highest BCUT2D eigenvalue weighted by Crippen LogP contribution is 2.32. The standard InChI is InChI=1S/C29H32Cl2FN3O6S/c1-18(2)33-29(37)19(3)34(16-20-6-7-21(30)14-25(20)31)28(36)17-35(23-10-8-22(32)9-11-23)42(38,39)24-12-13-26(40-4)27(15-24)41-5/h6-15,18-19H,16-17H2,1-5H3,(H,33,37)/t19-/m0/s1. The van der Waals surface area contributed by atoms with Gasteiger partial charge in [-0.2, -0.15) is 0 Å². The third-order valence-corrected chi connectivity index (χ3v) is 8.65. The van der Waals surface area contributed by atoms with E-state index < -0.39 is 40.2 Å². The van der Waals surface area contributed by atoms with Crippen LogP contribution in [0.5, 0.6) is 11.5 Å². The van der Waals surface area contributed by atoms with Gasteiger partial charge >= 0.3 is 0 Å². The molecule has 42 heavy (non-hydrogen) atoms. The van der Waals surface area contributed by atoms with E-state index in [4.69, 9.17) is 32.7 Å². The predicted molar refractivity (Wildman–Crippen MR) is 160 cm³/mol. The molecule has 0 radical (unpaired) electrons. The van der Waals surface area contributed by atoms with Crippen LogP contribution in [-0.4, -0.2) is 58.0 Å². The van der Waals surface area contributed by atoms with E-state index in [-0.39, 0.29) is 33.9 Å². The normalized spacial score (nSPS) is 12.0. The zero-order valence-corrected chi connectivity index (χ0v) is 26.1. The van der Waals surface area contributed by atoms with Crippen LogP contribution in [-0.2, 0) is 26.2 Å². The molecule has 3 rings (SSSR count). The molecule has 226 valence electrons. The molecule has 13 heteroatoms. The average Bonchev–Trinajstić information content (AvgIpc) is 2.94. The molecule has 1 N–H and O–H groups in total. The number of amides is 2. The van der Waals surface area contributed by atoms with Gasteiger partial charge in [0.15, 0.2) is 11.5 Å². The topological polar surface area (TPSA) is 105 Å². The summed E-state index contributed by atoms with van der Waals surface area (Å²) in [6.45, 7) is 4.25. The van der Waals surface area contributed by atoms with Crippen molar-refractivity contribution in [1.29, 1.82) is 0 Å². The molecule has 0 aliphatic rings. The van der Waals surface area contributed by atoms with Gasteiger partial charge in [-0.15, -0.1) is 0 Å². The van der Waals surface area contributed by atoms with Crippen LogP contribution >= 0.6 is 23.2 Å². The predicted octanol–water partition coefficient (Wildman–Crippen LogP) is 5.29. The molecule has 0 saturated carbocycles. The first-order chi connectivity index (χ1) is 19.8. The molecule has 1 atom stereocenters. The van der Waals surface area contributed by atoms with Crippen molar-refractivity contribution in [1.82, 2.24) is 10.2 Å². The summed E-state index contributed by atoms with van der Waals surface area (Å²) in [6.07, 6.45) is 0. The van der Waals surface area contributed by atoms with Crippen LogP contribution in [0.15, 0.2) is 65.6 Å². The van der Waals surface area contributed by atoms with Crippen LogP contribution in [0.3, 0.4) is 0 Å². The van der Waals surface area contributed by atoms with Gasteiger partial charge in [0.2, 0.25) is 11.8 Å². The highest BCUT2D eigenvalue weighted by Gasteiger charge is 2.33. The minimum Gasteiger partial charge on any atom is -0.493 e. The van der Waals surface area contributed by atoms with E-state index in [9.17, 15) is 22.4 Å². The average molecular weight is 641 g/mol. The quantitative estimate of drug-likeness (QED) is 0.289. The summed E-state index contributed by atoms with van der Waals surface area (Å²) in [4.78, 5) is 28.0. The Morgan fingerprint density at radius 1 is 0.929 bits per heavy atom. The molecule has 0 saturated heterocycles. The van der Waals surface area contributed by atoms with Gasteiger partial charge in [-0.3, -0.25) is 13.9 Å². The number of nitrogens with one attached hydrogen (secondary N) is 1. The molecule has 0 fully saturated rings. The fourth-order valence-electron chi connectivity index (χ4n) is 4.06. The number of benzene rings is 3. The fourth-order valence-corrected chi connectivity index (χ4v) is 5.96. The molecule has 3 aromatic rings. The number of hydrogen-bond acceptors (Lipinski definition) is 6. The summed E-state index contributed by atoms with van der Waals surface area (Å²) < 4.78 is 53.1. The van der Waals surface area contributed by atoms with Crippen molar-refractivity contribution in [2.75, 3.05) is 25.1 Å². The van der Waals surface area contributed by atoms with Crippen molar-refractivity contribution in [2.45, 2.75) is 44.3 Å². The van der Waals surface area contributed by atoms with Crippen molar-refractivity contribution < 1.29 is 31.9 Å². The Labute approximate surface area is 255 Å². The number of nitrogens with zero attached hydrogens (tertiary/aromatic N) is 2. The largest absolute Gasteiger partial charge is 0.493 e. The van der Waals surface area contributed by atoms with Crippen LogP contribution < -0.4 is 19.1 Å². The zero-order valence-electron chi connectivity index (χ0n) is 23.7. The van der Waals surface area contributed by atoms with Crippen LogP contribution in [0, 0.1) is 5.82 Å². The Morgan fingerprint density at radius 2 is 1.57 bits per heavy atom. The minimum atomic E-state index is -4.42. The number of halogens is 3. The molecular formula is C29H32Cl2FN3O6S. The zero-order chi connectivity index (χ0) is 31.2. The Hall–Kier alpha value is -3.54. The first kappa shape index (κ1) is 33.0. The molecule has 0 aliphatic heterocycles. The fraction of sp³-hybridized carbons (Fsp3) is 0.310. The molecule has 0 aromatic heterocycles. The lowest BCUT2D eigenvalue weighted by molar-refractivity contribution is -0.139. The lowest BCUT2D eigenvalue weighted by Gasteiger charge is -2.32. The number of carbonyl (C=O) groups is 2. The number of ether oxygens (including phenoxy) is 2. The number of hydrogen-bond donors (Lipinski definition) is 1. The van der Waals surface area contributed by atoms with Gasteiger partial charge in [-0.05, 0) is 74.9 Å². The summed E-state index contributed by atoms with van der Waals surface area (Å²) in [6, 6.07) is 12.2. The van der Waals surface area contributed by atoms with Gasteiger partial charge in [0, 0.05) is 28.7 Å². The van der Waals surface area contributed by atoms with E-state index in [1.165, 1.54) is 62.4 Å². The van der Waals surface area contributed by atoms with Crippen LogP contribution in [0.4, 0.5) is 10.1 Å². The van der Waals surface area contributed by atoms with Crippen molar-refractivity contribution in [3.8, 4) is 11.5 Å². The van der Waals surface area contributed by atoms with Crippen LogP contribution in [0.1, 0.15) is 26.3 Å². The van der Waals surface area contributed by atoms with Crippen LogP contribution in [0.2, 0.25) is 10.0 Å². The maximum Gasteiger partial charge on any atom is 0.264 e. The van der Waals surface area contributed by atoms with Gasteiger partial charge < -0.3 is 19.7 Å². The van der Waals surface area contributed by atoms with Gasteiger partial charge in [-0.25, -0.2) is 12.8 Å². The maximum atomic E-state index is 14.0. The number of sulfonamides is 1. The second-order valence-corrected chi connectivity index (χ2v) is 12.3. The molecular weight excluding hydrogens is 608 g/mol. The van der Waals surface area contributed by atoms with Crippen LogP contribution in [0.25, 0.3) is 0 Å². The number of carbonyl (C=O) groups excluding carboxylic acids is 2. The molecule has 0 spiro atoms. The first-order valence-corrected chi connectivity index (χ1v) is 15.0. The van der Waals surface area contributed by atoms with Gasteiger partial charge in [0.25, 0.3) is 10.0 Å². The third kappa shape index (κ3) is 7.84. The molecule has 0 heterocycles. The van der Waals surface area contributed by atoms with E-state index in [0.29, 0.717) is 16.3 Å². The highest BCUT2D eigenvalue weighted by atomic mass is 35.5. The van der Waals surface area contributed by atoms with E-state index in [0.717, 1.165) is 16.4 Å². The molecule has 0 unspecified atom stereocenters. The Balaban J connectivity index is 2.09. The van der Waals surface area contributed by atoms with E-state index in [1.54, 1.807) is 26.0 Å². The number of methoxy groups -OCH3 is 2. The number of rotatable bonds is 12. The highest BCUT2D eigenvalue weighted by molar-refractivity contribution is 7.92. The van der Waals surface area contributed by atoms with E-state index >= 15 is 0 Å². The summed E-state index contributed by atoms with van der Waals surface area (Å²) >= 11 is 12.4. The van der Waals surface area contributed by atoms with Gasteiger partial charge in [0.1, 0.15) is 18.4 Å². The monoisotopic (exact) mass is 639 g/mol. The maximum absolute atomic E-state index is 14.0. The molecule has 9 nitrogen and oxygen atoms in total. The molecule has 0 aliphatic carbocycles. The van der Waals surface area contributed by atoms with Gasteiger partial charge in [-0.1, -0.05) is 29.3 Å².